The van der Waals surface area contributed by atoms with Crippen LogP contribution >= 0.6 is 0 Å². The van der Waals surface area contributed by atoms with E-state index in [0.717, 1.165) is 11.1 Å². The molecule has 12 nitrogen and oxygen atoms in total. The largest absolute Gasteiger partial charge is 0.478 e. The first-order valence-corrected chi connectivity index (χ1v) is 13.8. The monoisotopic (exact) mass is 544 g/mol. The number of amides is 1. The molecule has 1 fully saturated rings. The summed E-state index contributed by atoms with van der Waals surface area (Å²) in [5, 5.41) is 12.7. The number of rotatable bonds is 11. The van der Waals surface area contributed by atoms with Crippen LogP contribution in [0.15, 0.2) is 35.4 Å². The number of nitrogens with zero attached hydrogens (tertiary/aromatic N) is 2. The van der Waals surface area contributed by atoms with E-state index in [1.165, 1.54) is 0 Å². The van der Waals surface area contributed by atoms with E-state index in [4.69, 9.17) is 4.84 Å². The lowest BCUT2D eigenvalue weighted by Gasteiger charge is -2.32. The van der Waals surface area contributed by atoms with Crippen LogP contribution in [-0.2, 0) is 30.9 Å². The lowest BCUT2D eigenvalue weighted by molar-refractivity contribution is -0.151. The Bertz CT molecular complexity index is 1390. The maximum Gasteiger partial charge on any atom is 0.345 e. The van der Waals surface area contributed by atoms with Gasteiger partial charge in [-0.3, -0.25) is 9.63 Å². The zero-order chi connectivity index (χ0) is 27.5. The van der Waals surface area contributed by atoms with Crippen molar-refractivity contribution in [1.82, 2.24) is 30.5 Å². The van der Waals surface area contributed by atoms with E-state index in [0.29, 0.717) is 48.4 Å². The van der Waals surface area contributed by atoms with Gasteiger partial charge >= 0.3 is 5.97 Å². The maximum absolute atomic E-state index is 13.6. The highest BCUT2D eigenvalue weighted by molar-refractivity contribution is 7.89. The Balaban J connectivity index is 1.58. The highest BCUT2D eigenvalue weighted by Gasteiger charge is 2.45. The van der Waals surface area contributed by atoms with Crippen molar-refractivity contribution >= 4 is 33.1 Å². The molecule has 13 heteroatoms. The summed E-state index contributed by atoms with van der Waals surface area (Å²) in [7, 11) is -4.35. The van der Waals surface area contributed by atoms with Crippen molar-refractivity contribution in [3.05, 3.63) is 53.0 Å². The third kappa shape index (κ3) is 6.01. The number of aliphatic carboxylic acids is 1. The standard InChI is InChI=1S/C25H32N6O6S/c1-15-13-16(2)21(17(3)14-15)38(35,36)31-25(24(33)34,30-23(32)19-9-12-27-37-19)10-5-4-8-20-28-18-7-6-11-26-22(18)29-20/h6-7,11,13-14,19,27,31H,4-5,8-10,12H2,1-3H3,(H,30,32)(H,33,34)(H,26,28,29). The number of unbranched alkanes of at least 4 members (excludes halogenated alkanes) is 1. The second-order valence-corrected chi connectivity index (χ2v) is 11.2. The average molecular weight is 545 g/mol. The molecule has 0 spiro atoms. The molecule has 3 aromatic rings. The second-order valence-electron chi connectivity index (χ2n) is 9.58. The summed E-state index contributed by atoms with van der Waals surface area (Å²) in [5.41, 5.74) is 3.49. The van der Waals surface area contributed by atoms with Crippen LogP contribution in [0.4, 0.5) is 0 Å². The summed E-state index contributed by atoms with van der Waals surface area (Å²) in [5.74, 6) is -1.56. The topological polar surface area (TPSA) is 175 Å². The van der Waals surface area contributed by atoms with E-state index in [-0.39, 0.29) is 17.7 Å². The van der Waals surface area contributed by atoms with Crippen molar-refractivity contribution in [3.8, 4) is 0 Å². The molecule has 1 aliphatic rings. The molecule has 204 valence electrons. The van der Waals surface area contributed by atoms with Gasteiger partial charge in [-0.05, 0) is 69.7 Å². The fourth-order valence-corrected chi connectivity index (χ4v) is 6.56. The number of hydrogen-bond acceptors (Lipinski definition) is 8. The first kappa shape index (κ1) is 27.6. The number of carboxylic acids is 1. The van der Waals surface area contributed by atoms with Crippen LogP contribution in [-0.4, -0.2) is 58.7 Å². The molecule has 0 bridgehead atoms. The summed E-state index contributed by atoms with van der Waals surface area (Å²) in [6.45, 7) is 5.56. The van der Waals surface area contributed by atoms with Crippen LogP contribution in [0, 0.1) is 20.8 Å². The Morgan fingerprint density at radius 3 is 2.58 bits per heavy atom. The van der Waals surface area contributed by atoms with Crippen molar-refractivity contribution in [2.45, 2.75) is 69.5 Å². The number of carboxylic acid groups (broad SMARTS) is 1. The minimum atomic E-state index is -4.35. The third-order valence-corrected chi connectivity index (χ3v) is 8.23. The number of fused-ring (bicyclic) bond motifs is 1. The van der Waals surface area contributed by atoms with Gasteiger partial charge in [-0.2, -0.15) is 4.72 Å². The average Bonchev–Trinajstić information content (AvgIpc) is 3.50. The molecule has 1 saturated heterocycles. The number of nitrogens with one attached hydrogen (secondary N) is 4. The van der Waals surface area contributed by atoms with Gasteiger partial charge in [-0.15, -0.1) is 0 Å². The van der Waals surface area contributed by atoms with Gasteiger partial charge in [-0.25, -0.2) is 28.7 Å². The van der Waals surface area contributed by atoms with E-state index >= 15 is 0 Å². The minimum absolute atomic E-state index is 0.0171. The van der Waals surface area contributed by atoms with Gasteiger partial charge in [0, 0.05) is 19.2 Å². The van der Waals surface area contributed by atoms with Crippen LogP contribution < -0.4 is 15.5 Å². The molecule has 0 aliphatic carbocycles. The van der Waals surface area contributed by atoms with Crippen molar-refractivity contribution in [2.75, 3.05) is 6.54 Å². The molecule has 1 aliphatic heterocycles. The first-order chi connectivity index (χ1) is 18.0. The van der Waals surface area contributed by atoms with Gasteiger partial charge in [0.15, 0.2) is 11.8 Å². The number of carbonyl (C=O) groups is 2. The molecule has 1 aromatic carbocycles. The van der Waals surface area contributed by atoms with Gasteiger partial charge in [-0.1, -0.05) is 17.7 Å². The smallest absolute Gasteiger partial charge is 0.345 e. The molecule has 5 N–H and O–H groups in total. The van der Waals surface area contributed by atoms with Gasteiger partial charge < -0.3 is 15.4 Å². The number of sulfonamides is 1. The maximum atomic E-state index is 13.6. The number of imidazole rings is 1. The lowest BCUT2D eigenvalue weighted by Crippen LogP contribution is -2.66. The van der Waals surface area contributed by atoms with Gasteiger partial charge in [0.05, 0.1) is 4.90 Å². The molecule has 2 aromatic heterocycles. The lowest BCUT2D eigenvalue weighted by atomic mass is 10.0. The van der Waals surface area contributed by atoms with Crippen molar-refractivity contribution in [1.29, 1.82) is 0 Å². The zero-order valence-corrected chi connectivity index (χ0v) is 22.3. The molecule has 0 radical (unpaired) electrons. The molecule has 38 heavy (non-hydrogen) atoms. The van der Waals surface area contributed by atoms with Crippen LogP contribution in [0.3, 0.4) is 0 Å². The molecule has 0 saturated carbocycles. The summed E-state index contributed by atoms with van der Waals surface area (Å²) in [4.78, 5) is 42.5. The van der Waals surface area contributed by atoms with Crippen LogP contribution in [0.1, 0.15) is 48.2 Å². The van der Waals surface area contributed by atoms with Crippen molar-refractivity contribution in [2.24, 2.45) is 0 Å². The Morgan fingerprint density at radius 2 is 1.95 bits per heavy atom. The molecule has 3 heterocycles. The summed E-state index contributed by atoms with van der Waals surface area (Å²) < 4.78 is 29.5. The van der Waals surface area contributed by atoms with Crippen molar-refractivity contribution < 1.29 is 28.0 Å². The van der Waals surface area contributed by atoms with E-state index in [1.54, 1.807) is 38.2 Å². The highest BCUT2D eigenvalue weighted by atomic mass is 32.2. The Kier molecular flexibility index (Phi) is 8.11. The Labute approximate surface area is 220 Å². The fourth-order valence-electron chi connectivity index (χ4n) is 4.79. The van der Waals surface area contributed by atoms with Gasteiger partial charge in [0.2, 0.25) is 15.7 Å². The molecule has 1 amide bonds. The molecular formula is C25H32N6O6S. The first-order valence-electron chi connectivity index (χ1n) is 12.4. The van der Waals surface area contributed by atoms with Crippen LogP contribution in [0.2, 0.25) is 0 Å². The number of hydroxylamine groups is 1. The number of aryl methyl sites for hydroxylation is 4. The van der Waals surface area contributed by atoms with Gasteiger partial charge in [0.25, 0.3) is 5.91 Å². The normalized spacial score (nSPS) is 17.4. The third-order valence-electron chi connectivity index (χ3n) is 6.43. The summed E-state index contributed by atoms with van der Waals surface area (Å²) in [6, 6.07) is 7.03. The SMILES string of the molecule is Cc1cc(C)c(S(=O)(=O)NC(CCCCc2nc3cccnc3[nH]2)(NC(=O)C2CCNO2)C(=O)O)c(C)c1. The molecule has 4 rings (SSSR count). The van der Waals surface area contributed by atoms with Gasteiger partial charge in [0.1, 0.15) is 11.3 Å². The second kappa shape index (κ2) is 11.2. The number of H-pyrrole nitrogens is 1. The molecular weight excluding hydrogens is 512 g/mol. The quantitative estimate of drug-likeness (QED) is 0.178. The predicted octanol–water partition coefficient (Wildman–Crippen LogP) is 1.77. The summed E-state index contributed by atoms with van der Waals surface area (Å²) >= 11 is 0. The van der Waals surface area contributed by atoms with E-state index in [2.05, 4.69) is 30.5 Å². The molecule has 2 unspecified atom stereocenters. The fraction of sp³-hybridized carbons (Fsp3) is 0.440. The van der Waals surface area contributed by atoms with E-state index in [9.17, 15) is 23.1 Å². The number of hydrogen-bond donors (Lipinski definition) is 5. The van der Waals surface area contributed by atoms with Crippen LogP contribution in [0.5, 0.6) is 0 Å². The van der Waals surface area contributed by atoms with E-state index < -0.39 is 33.7 Å². The molecule has 2 atom stereocenters. The highest BCUT2D eigenvalue weighted by Crippen LogP contribution is 2.25. The Hall–Kier alpha value is -3.39. The Morgan fingerprint density at radius 1 is 1.21 bits per heavy atom. The number of pyridine rings is 1. The number of aromatic nitrogens is 3. The minimum Gasteiger partial charge on any atom is -0.478 e. The number of carbonyl (C=O) groups excluding carboxylic acids is 1. The summed E-state index contributed by atoms with van der Waals surface area (Å²) in [6.07, 6.45) is 2.08. The number of aromatic amines is 1. The van der Waals surface area contributed by atoms with Crippen LogP contribution in [0.25, 0.3) is 11.2 Å². The van der Waals surface area contributed by atoms with E-state index in [1.807, 2.05) is 13.0 Å². The van der Waals surface area contributed by atoms with Crippen molar-refractivity contribution in [3.63, 3.8) is 0 Å². The number of benzene rings is 1. The zero-order valence-electron chi connectivity index (χ0n) is 21.5. The predicted molar refractivity (Wildman–Crippen MR) is 138 cm³/mol.